The van der Waals surface area contributed by atoms with Crippen LogP contribution in [0.5, 0.6) is 5.75 Å². The van der Waals surface area contributed by atoms with E-state index in [2.05, 4.69) is 10.6 Å². The van der Waals surface area contributed by atoms with E-state index in [1.807, 2.05) is 6.26 Å². The van der Waals surface area contributed by atoms with Crippen molar-refractivity contribution in [1.29, 1.82) is 0 Å². The number of hydrogen-bond acceptors (Lipinski definition) is 8. The second-order valence-electron chi connectivity index (χ2n) is 9.19. The number of aromatic hydroxyl groups is 1. The summed E-state index contributed by atoms with van der Waals surface area (Å²) >= 11 is 1.50. The van der Waals surface area contributed by atoms with Crippen LogP contribution in [-0.4, -0.2) is 88.1 Å². The topological polar surface area (TPSA) is 188 Å². The number of phenols is 1. The largest absolute Gasteiger partial charge is 0.508 e. The molecule has 0 saturated carbocycles. The van der Waals surface area contributed by atoms with E-state index in [1.54, 1.807) is 12.1 Å². The Labute approximate surface area is 221 Å². The minimum atomic E-state index is -1.07. The van der Waals surface area contributed by atoms with Crippen molar-refractivity contribution in [3.05, 3.63) is 29.8 Å². The summed E-state index contributed by atoms with van der Waals surface area (Å²) in [7, 11) is 0. The van der Waals surface area contributed by atoms with Crippen molar-refractivity contribution < 1.29 is 29.4 Å². The van der Waals surface area contributed by atoms with Crippen LogP contribution >= 0.6 is 11.8 Å². The average Bonchev–Trinajstić information content (AvgIpc) is 3.37. The minimum absolute atomic E-state index is 0.0667. The zero-order valence-corrected chi connectivity index (χ0v) is 22.0. The molecule has 37 heavy (non-hydrogen) atoms. The number of unbranched alkanes of at least 4 members (excludes halogenated alkanes) is 1. The van der Waals surface area contributed by atoms with Crippen LogP contribution < -0.4 is 22.1 Å². The van der Waals surface area contributed by atoms with Crippen LogP contribution in [0.1, 0.15) is 44.1 Å². The fourth-order valence-electron chi connectivity index (χ4n) is 4.25. The molecule has 3 amide bonds. The number of phenolic OH excluding ortho intramolecular Hbond substituents is 1. The number of nitrogens with one attached hydrogen (secondary N) is 2. The van der Waals surface area contributed by atoms with Crippen LogP contribution in [0.25, 0.3) is 0 Å². The van der Waals surface area contributed by atoms with Gasteiger partial charge in [-0.25, -0.2) is 4.79 Å². The molecule has 1 aromatic carbocycles. The molecule has 206 valence electrons. The second-order valence-corrected chi connectivity index (χ2v) is 10.2. The molecular formula is C25H39N5O6S. The lowest BCUT2D eigenvalue weighted by Crippen LogP contribution is -2.57. The van der Waals surface area contributed by atoms with Crippen molar-refractivity contribution in [2.45, 2.75) is 69.1 Å². The molecule has 12 heteroatoms. The predicted molar refractivity (Wildman–Crippen MR) is 142 cm³/mol. The van der Waals surface area contributed by atoms with Crippen molar-refractivity contribution in [2.75, 3.05) is 25.1 Å². The van der Waals surface area contributed by atoms with Gasteiger partial charge in [0.15, 0.2) is 0 Å². The predicted octanol–water partition coefficient (Wildman–Crippen LogP) is 0.189. The molecule has 1 fully saturated rings. The Morgan fingerprint density at radius 2 is 1.76 bits per heavy atom. The highest BCUT2D eigenvalue weighted by molar-refractivity contribution is 7.98. The van der Waals surface area contributed by atoms with Crippen LogP contribution in [0.4, 0.5) is 0 Å². The zero-order chi connectivity index (χ0) is 27.4. The first-order valence-electron chi connectivity index (χ1n) is 12.5. The van der Waals surface area contributed by atoms with E-state index >= 15 is 0 Å². The van der Waals surface area contributed by atoms with Gasteiger partial charge in [-0.15, -0.1) is 0 Å². The Morgan fingerprint density at radius 3 is 2.38 bits per heavy atom. The maximum atomic E-state index is 13.4. The number of thioether (sulfide) groups is 1. The summed E-state index contributed by atoms with van der Waals surface area (Å²) in [5, 5.41) is 24.6. The highest BCUT2D eigenvalue weighted by Crippen LogP contribution is 2.20. The lowest BCUT2D eigenvalue weighted by atomic mass is 10.0. The molecule has 0 spiro atoms. The fraction of sp³-hybridized carbons (Fsp3) is 0.600. The van der Waals surface area contributed by atoms with E-state index in [4.69, 9.17) is 11.5 Å². The summed E-state index contributed by atoms with van der Waals surface area (Å²) in [5.41, 5.74) is 12.2. The number of rotatable bonds is 15. The molecule has 1 saturated heterocycles. The number of carbonyl (C=O) groups excluding carboxylic acids is 3. The number of carbonyl (C=O) groups is 4. The standard InChI is InChI=1S/C25H39N5O6S/c1-37-14-11-19(24(34)30-13-4-6-21(30)25(35)36)28-23(33)20(15-16-7-9-17(31)10-8-16)29-22(32)18(27)5-2-3-12-26/h7-10,18-21,31H,2-6,11-15,26-27H2,1H3,(H,28,33)(H,29,32)(H,35,36). The summed E-state index contributed by atoms with van der Waals surface area (Å²) in [6, 6.07) is 2.54. The van der Waals surface area contributed by atoms with E-state index in [-0.39, 0.29) is 12.2 Å². The molecule has 0 bridgehead atoms. The van der Waals surface area contributed by atoms with E-state index < -0.39 is 47.9 Å². The molecule has 0 aliphatic carbocycles. The third-order valence-electron chi connectivity index (χ3n) is 6.36. The van der Waals surface area contributed by atoms with Gasteiger partial charge in [0.2, 0.25) is 17.7 Å². The molecule has 1 aliphatic heterocycles. The molecule has 2 rings (SSSR count). The number of carboxylic acid groups (broad SMARTS) is 1. The van der Waals surface area contributed by atoms with Crippen molar-refractivity contribution >= 4 is 35.5 Å². The van der Waals surface area contributed by atoms with E-state index in [0.717, 1.165) is 6.42 Å². The van der Waals surface area contributed by atoms with Gasteiger partial charge in [-0.05, 0) is 68.4 Å². The van der Waals surface area contributed by atoms with Crippen LogP contribution in [0.2, 0.25) is 0 Å². The number of benzene rings is 1. The van der Waals surface area contributed by atoms with E-state index in [0.29, 0.717) is 56.5 Å². The van der Waals surface area contributed by atoms with Crippen molar-refractivity contribution in [3.8, 4) is 5.75 Å². The minimum Gasteiger partial charge on any atom is -0.508 e. The highest BCUT2D eigenvalue weighted by Gasteiger charge is 2.38. The fourth-order valence-corrected chi connectivity index (χ4v) is 4.72. The van der Waals surface area contributed by atoms with Gasteiger partial charge in [-0.3, -0.25) is 14.4 Å². The van der Waals surface area contributed by atoms with Crippen LogP contribution in [0, 0.1) is 0 Å². The van der Waals surface area contributed by atoms with Gasteiger partial charge in [0.25, 0.3) is 0 Å². The van der Waals surface area contributed by atoms with Gasteiger partial charge in [0.1, 0.15) is 23.9 Å². The molecule has 1 aromatic rings. The Balaban J connectivity index is 2.20. The zero-order valence-electron chi connectivity index (χ0n) is 21.2. The van der Waals surface area contributed by atoms with Gasteiger partial charge in [0.05, 0.1) is 6.04 Å². The molecular weight excluding hydrogens is 498 g/mol. The highest BCUT2D eigenvalue weighted by atomic mass is 32.2. The first kappa shape index (κ1) is 30.4. The number of carboxylic acids is 1. The second kappa shape index (κ2) is 15.4. The van der Waals surface area contributed by atoms with E-state index in [9.17, 15) is 29.4 Å². The van der Waals surface area contributed by atoms with Crippen molar-refractivity contribution in [2.24, 2.45) is 11.5 Å². The van der Waals surface area contributed by atoms with Crippen LogP contribution in [0.3, 0.4) is 0 Å². The summed E-state index contributed by atoms with van der Waals surface area (Å²) < 4.78 is 0. The summed E-state index contributed by atoms with van der Waals surface area (Å²) in [4.78, 5) is 52.4. The molecule has 8 N–H and O–H groups in total. The number of aliphatic carboxylic acids is 1. The molecule has 0 radical (unpaired) electrons. The third kappa shape index (κ3) is 9.52. The van der Waals surface area contributed by atoms with Gasteiger partial charge >= 0.3 is 5.97 Å². The third-order valence-corrected chi connectivity index (χ3v) is 7.01. The Hall–Kier alpha value is -2.83. The van der Waals surface area contributed by atoms with Crippen molar-refractivity contribution in [1.82, 2.24) is 15.5 Å². The number of nitrogens with two attached hydrogens (primary N) is 2. The first-order chi connectivity index (χ1) is 17.7. The maximum Gasteiger partial charge on any atom is 0.326 e. The first-order valence-corrected chi connectivity index (χ1v) is 13.9. The molecule has 1 aliphatic rings. The molecule has 4 unspecified atom stereocenters. The van der Waals surface area contributed by atoms with Gasteiger partial charge in [0, 0.05) is 13.0 Å². The Bertz CT molecular complexity index is 915. The van der Waals surface area contributed by atoms with Crippen molar-refractivity contribution in [3.63, 3.8) is 0 Å². The van der Waals surface area contributed by atoms with Crippen LogP contribution in [-0.2, 0) is 25.6 Å². The number of amides is 3. The summed E-state index contributed by atoms with van der Waals surface area (Å²) in [5.74, 6) is -1.93. The van der Waals surface area contributed by atoms with Crippen LogP contribution in [0.15, 0.2) is 24.3 Å². The van der Waals surface area contributed by atoms with Gasteiger partial charge in [-0.1, -0.05) is 18.6 Å². The summed E-state index contributed by atoms with van der Waals surface area (Å²) in [6.45, 7) is 0.804. The van der Waals surface area contributed by atoms with Gasteiger partial charge in [-0.2, -0.15) is 11.8 Å². The number of hydrogen-bond donors (Lipinski definition) is 6. The average molecular weight is 538 g/mol. The lowest BCUT2D eigenvalue weighted by Gasteiger charge is -2.29. The molecule has 0 aromatic heterocycles. The lowest BCUT2D eigenvalue weighted by molar-refractivity contribution is -0.149. The Kier molecular flexibility index (Phi) is 12.7. The van der Waals surface area contributed by atoms with Gasteiger partial charge < -0.3 is 37.2 Å². The SMILES string of the molecule is CSCCC(NC(=O)C(Cc1ccc(O)cc1)NC(=O)C(N)CCCCN)C(=O)N1CCCC1C(=O)O. The quantitative estimate of drug-likeness (QED) is 0.170. The molecule has 11 nitrogen and oxygen atoms in total. The molecule has 4 atom stereocenters. The Morgan fingerprint density at radius 1 is 1.08 bits per heavy atom. The normalized spacial score (nSPS) is 17.6. The molecule has 1 heterocycles. The maximum absolute atomic E-state index is 13.4. The number of likely N-dealkylation sites (tertiary alicyclic amines) is 1. The summed E-state index contributed by atoms with van der Waals surface area (Å²) in [6.07, 6.45) is 5.05. The number of nitrogens with zero attached hydrogens (tertiary/aromatic N) is 1. The van der Waals surface area contributed by atoms with E-state index in [1.165, 1.54) is 28.8 Å². The smallest absolute Gasteiger partial charge is 0.326 e. The monoisotopic (exact) mass is 537 g/mol.